The SMILES string of the molecule is O=C(NC(c1ccccc1)c1ccccc1)OC1CCN(CCCCCCCCN2CCC(OC(=O)NC(c3ccccc3)c3ccccc3)CC2)CC1. The molecule has 0 unspecified atom stereocenters. The van der Waals surface area contributed by atoms with Gasteiger partial charge in [0.1, 0.15) is 12.2 Å². The number of amides is 2. The first-order chi connectivity index (χ1) is 26.6. The Labute approximate surface area is 322 Å². The van der Waals surface area contributed by atoms with Crippen molar-refractivity contribution >= 4 is 12.2 Å². The fourth-order valence-electron chi connectivity index (χ4n) is 7.79. The van der Waals surface area contributed by atoms with Gasteiger partial charge in [-0.2, -0.15) is 0 Å². The van der Waals surface area contributed by atoms with Gasteiger partial charge in [0.25, 0.3) is 0 Å². The highest BCUT2D eigenvalue weighted by Gasteiger charge is 2.26. The van der Waals surface area contributed by atoms with Crippen LogP contribution < -0.4 is 10.6 Å². The van der Waals surface area contributed by atoms with Crippen molar-refractivity contribution in [1.29, 1.82) is 0 Å². The number of hydrogen-bond donors (Lipinski definition) is 2. The fraction of sp³-hybridized carbons (Fsp3) is 0.435. The second-order valence-electron chi connectivity index (χ2n) is 14.8. The summed E-state index contributed by atoms with van der Waals surface area (Å²) in [6, 6.07) is 39.8. The molecular formula is C46H58N4O4. The third-order valence-electron chi connectivity index (χ3n) is 10.9. The van der Waals surface area contributed by atoms with Gasteiger partial charge in [-0.25, -0.2) is 9.59 Å². The number of unbranched alkanes of at least 4 members (excludes halogenated alkanes) is 5. The predicted octanol–water partition coefficient (Wildman–Crippen LogP) is 9.29. The van der Waals surface area contributed by atoms with Crippen LogP contribution in [-0.2, 0) is 9.47 Å². The highest BCUT2D eigenvalue weighted by atomic mass is 16.6. The van der Waals surface area contributed by atoms with Gasteiger partial charge in [0.05, 0.1) is 12.1 Å². The van der Waals surface area contributed by atoms with Crippen LogP contribution in [0.15, 0.2) is 121 Å². The van der Waals surface area contributed by atoms with E-state index in [1.54, 1.807) is 0 Å². The molecule has 2 aliphatic rings. The van der Waals surface area contributed by atoms with Crippen molar-refractivity contribution in [3.63, 3.8) is 0 Å². The number of alkyl carbamates (subject to hydrolysis) is 2. The standard InChI is InChI=1S/C46H58N4O4/c51-45(47-43(37-19-9-5-10-20-37)38-21-11-6-12-22-38)53-41-27-33-49(34-28-41)31-17-3-1-2-4-18-32-50-35-29-42(30-36-50)54-46(52)48-44(39-23-13-7-14-24-39)40-25-15-8-16-26-40/h5-16,19-26,41-44H,1-4,17-18,27-36H2,(H,47,51)(H,48,52). The van der Waals surface area contributed by atoms with Crippen LogP contribution in [0.25, 0.3) is 0 Å². The third kappa shape index (κ3) is 12.5. The summed E-state index contributed by atoms with van der Waals surface area (Å²) in [4.78, 5) is 30.9. The van der Waals surface area contributed by atoms with E-state index in [1.807, 2.05) is 121 Å². The van der Waals surface area contributed by atoms with E-state index in [2.05, 4.69) is 20.4 Å². The molecule has 6 rings (SSSR count). The Morgan fingerprint density at radius 3 is 1.04 bits per heavy atom. The molecule has 0 radical (unpaired) electrons. The molecule has 2 fully saturated rings. The second kappa shape index (κ2) is 21.3. The van der Waals surface area contributed by atoms with E-state index in [0.717, 1.165) is 87.2 Å². The summed E-state index contributed by atoms with van der Waals surface area (Å²) in [6.07, 6.45) is 10.3. The summed E-state index contributed by atoms with van der Waals surface area (Å²) in [5.74, 6) is 0. The van der Waals surface area contributed by atoms with Crippen LogP contribution in [0.1, 0.15) is 98.5 Å². The second-order valence-corrected chi connectivity index (χ2v) is 14.8. The molecule has 2 heterocycles. The lowest BCUT2D eigenvalue weighted by atomic mass is 9.99. The summed E-state index contributed by atoms with van der Waals surface area (Å²) in [6.45, 7) is 6.16. The summed E-state index contributed by atoms with van der Waals surface area (Å²) >= 11 is 0. The van der Waals surface area contributed by atoms with Crippen LogP contribution in [0, 0.1) is 0 Å². The fourth-order valence-corrected chi connectivity index (χ4v) is 7.79. The van der Waals surface area contributed by atoms with Crippen LogP contribution >= 0.6 is 0 Å². The highest BCUT2D eigenvalue weighted by molar-refractivity contribution is 5.69. The van der Waals surface area contributed by atoms with Gasteiger partial charge in [-0.15, -0.1) is 0 Å². The maximum atomic E-state index is 12.9. The number of piperidine rings is 2. The lowest BCUT2D eigenvalue weighted by molar-refractivity contribution is 0.0484. The minimum absolute atomic E-state index is 0.0381. The van der Waals surface area contributed by atoms with E-state index in [-0.39, 0.29) is 36.5 Å². The molecule has 0 aromatic heterocycles. The number of carbonyl (C=O) groups is 2. The molecule has 0 saturated carbocycles. The average Bonchev–Trinajstić information content (AvgIpc) is 3.22. The Bertz CT molecular complexity index is 1440. The average molecular weight is 731 g/mol. The van der Waals surface area contributed by atoms with Gasteiger partial charge >= 0.3 is 12.2 Å². The van der Waals surface area contributed by atoms with Gasteiger partial charge in [-0.3, -0.25) is 0 Å². The first-order valence-corrected chi connectivity index (χ1v) is 20.2. The number of benzene rings is 4. The molecule has 2 amide bonds. The van der Waals surface area contributed by atoms with Gasteiger partial charge in [0, 0.05) is 26.2 Å². The zero-order valence-corrected chi connectivity index (χ0v) is 31.7. The minimum atomic E-state index is -0.346. The smallest absolute Gasteiger partial charge is 0.408 e. The molecule has 2 saturated heterocycles. The Morgan fingerprint density at radius 2 is 0.741 bits per heavy atom. The van der Waals surface area contributed by atoms with E-state index in [0.29, 0.717) is 0 Å². The molecule has 0 spiro atoms. The lowest BCUT2D eigenvalue weighted by Crippen LogP contribution is -2.40. The zero-order chi connectivity index (χ0) is 37.2. The molecule has 0 bridgehead atoms. The van der Waals surface area contributed by atoms with Crippen molar-refractivity contribution in [2.75, 3.05) is 39.3 Å². The maximum absolute atomic E-state index is 12.9. The van der Waals surface area contributed by atoms with Crippen LogP contribution in [0.4, 0.5) is 9.59 Å². The zero-order valence-electron chi connectivity index (χ0n) is 31.7. The molecule has 4 aromatic rings. The molecule has 0 aliphatic carbocycles. The third-order valence-corrected chi connectivity index (χ3v) is 10.9. The number of hydrogen-bond acceptors (Lipinski definition) is 6. The van der Waals surface area contributed by atoms with E-state index in [4.69, 9.17) is 9.47 Å². The predicted molar refractivity (Wildman–Crippen MR) is 215 cm³/mol. The number of likely N-dealkylation sites (tertiary alicyclic amines) is 2. The largest absolute Gasteiger partial charge is 0.446 e. The summed E-state index contributed by atoms with van der Waals surface area (Å²) < 4.78 is 11.8. The van der Waals surface area contributed by atoms with Crippen molar-refractivity contribution in [1.82, 2.24) is 20.4 Å². The van der Waals surface area contributed by atoms with Crippen molar-refractivity contribution < 1.29 is 19.1 Å². The Hall–Kier alpha value is -4.66. The molecule has 2 aliphatic heterocycles. The number of rotatable bonds is 17. The van der Waals surface area contributed by atoms with Gasteiger partial charge in [-0.1, -0.05) is 147 Å². The number of carbonyl (C=O) groups excluding carboxylic acids is 2. The normalized spacial score (nSPS) is 16.0. The van der Waals surface area contributed by atoms with Crippen LogP contribution in [0.2, 0.25) is 0 Å². The van der Waals surface area contributed by atoms with E-state index in [1.165, 1.54) is 38.5 Å². The number of nitrogens with zero attached hydrogens (tertiary/aromatic N) is 2. The van der Waals surface area contributed by atoms with E-state index < -0.39 is 0 Å². The molecule has 2 N–H and O–H groups in total. The van der Waals surface area contributed by atoms with Gasteiger partial charge in [0.15, 0.2) is 0 Å². The molecular weight excluding hydrogens is 673 g/mol. The van der Waals surface area contributed by atoms with Crippen molar-refractivity contribution in [2.45, 2.75) is 88.5 Å². The minimum Gasteiger partial charge on any atom is -0.446 e. The van der Waals surface area contributed by atoms with Gasteiger partial charge in [0.2, 0.25) is 0 Å². The van der Waals surface area contributed by atoms with Crippen molar-refractivity contribution in [3.8, 4) is 0 Å². The summed E-state index contributed by atoms with van der Waals surface area (Å²) in [7, 11) is 0. The van der Waals surface area contributed by atoms with Gasteiger partial charge in [-0.05, 0) is 73.9 Å². The molecule has 4 aromatic carbocycles. The molecule has 8 heteroatoms. The quantitative estimate of drug-likeness (QED) is 0.105. The highest BCUT2D eigenvalue weighted by Crippen LogP contribution is 2.25. The van der Waals surface area contributed by atoms with Gasteiger partial charge < -0.3 is 29.9 Å². The molecule has 286 valence electrons. The first kappa shape index (κ1) is 39.0. The van der Waals surface area contributed by atoms with Crippen LogP contribution in [0.3, 0.4) is 0 Å². The molecule has 0 atom stereocenters. The lowest BCUT2D eigenvalue weighted by Gasteiger charge is -2.32. The van der Waals surface area contributed by atoms with E-state index >= 15 is 0 Å². The number of nitrogens with one attached hydrogen (secondary N) is 2. The Balaban J connectivity index is 0.781. The molecule has 54 heavy (non-hydrogen) atoms. The topological polar surface area (TPSA) is 83.1 Å². The van der Waals surface area contributed by atoms with Crippen LogP contribution in [-0.4, -0.2) is 73.5 Å². The number of ether oxygens (including phenoxy) is 2. The van der Waals surface area contributed by atoms with E-state index in [9.17, 15) is 9.59 Å². The first-order valence-electron chi connectivity index (χ1n) is 20.2. The molecule has 8 nitrogen and oxygen atoms in total. The monoisotopic (exact) mass is 730 g/mol. The van der Waals surface area contributed by atoms with Crippen molar-refractivity contribution in [3.05, 3.63) is 144 Å². The van der Waals surface area contributed by atoms with Crippen LogP contribution in [0.5, 0.6) is 0 Å². The Kier molecular flexibility index (Phi) is 15.4. The maximum Gasteiger partial charge on any atom is 0.408 e. The summed E-state index contributed by atoms with van der Waals surface area (Å²) in [5.41, 5.74) is 4.16. The summed E-state index contributed by atoms with van der Waals surface area (Å²) in [5, 5.41) is 6.23. The van der Waals surface area contributed by atoms with Crippen molar-refractivity contribution in [2.24, 2.45) is 0 Å². The Morgan fingerprint density at radius 1 is 0.463 bits per heavy atom.